The lowest BCUT2D eigenvalue weighted by Gasteiger charge is -2.10. The van der Waals surface area contributed by atoms with Gasteiger partial charge < -0.3 is 9.47 Å². The average molecular weight is 284 g/mol. The topological polar surface area (TPSA) is 69.7 Å². The van der Waals surface area contributed by atoms with Crippen molar-refractivity contribution < 1.29 is 22.7 Å². The van der Waals surface area contributed by atoms with E-state index < -0.39 is 15.6 Å². The van der Waals surface area contributed by atoms with Crippen molar-refractivity contribution in [2.45, 2.75) is 11.3 Å². The average Bonchev–Trinajstić information content (AvgIpc) is 2.92. The molecule has 1 aromatic rings. The molecule has 0 N–H and O–H groups in total. The molecule has 1 atom stereocenters. The second-order valence-electron chi connectivity index (χ2n) is 4.44. The molecule has 0 aliphatic carbocycles. The van der Waals surface area contributed by atoms with Crippen molar-refractivity contribution in [1.29, 1.82) is 0 Å². The Labute approximate surface area is 112 Å². The first-order chi connectivity index (χ1) is 9.04. The maximum absolute atomic E-state index is 12.2. The monoisotopic (exact) mass is 284 g/mol. The molecular formula is C13H16O5S. The number of para-hydroxylation sites is 1. The number of hydrogen-bond acceptors (Lipinski definition) is 5. The minimum Gasteiger partial charge on any atom is -0.495 e. The zero-order chi connectivity index (χ0) is 13.9. The number of carbonyl (C=O) groups is 1. The minimum atomic E-state index is -3.67. The van der Waals surface area contributed by atoms with E-state index in [1.807, 2.05) is 0 Å². The zero-order valence-corrected chi connectivity index (χ0v) is 11.5. The van der Waals surface area contributed by atoms with Gasteiger partial charge in [-0.3, -0.25) is 4.79 Å². The normalized spacial score (nSPS) is 19.3. The Morgan fingerprint density at radius 3 is 2.79 bits per heavy atom. The molecule has 0 radical (unpaired) electrons. The van der Waals surface area contributed by atoms with E-state index in [0.29, 0.717) is 19.6 Å². The Hall–Kier alpha value is -1.40. The van der Waals surface area contributed by atoms with Crippen molar-refractivity contribution >= 4 is 15.6 Å². The number of Topliss-reactive ketones (excluding diaryl/α,β-unsaturated/α-hetero) is 1. The van der Waals surface area contributed by atoms with E-state index in [1.54, 1.807) is 18.2 Å². The summed E-state index contributed by atoms with van der Waals surface area (Å²) in [5.74, 6) is -0.827. The highest BCUT2D eigenvalue weighted by Gasteiger charge is 2.29. The molecule has 5 nitrogen and oxygen atoms in total. The van der Waals surface area contributed by atoms with E-state index >= 15 is 0 Å². The third-order valence-electron chi connectivity index (χ3n) is 3.12. The van der Waals surface area contributed by atoms with Crippen molar-refractivity contribution in [3.05, 3.63) is 24.3 Å². The van der Waals surface area contributed by atoms with Gasteiger partial charge in [0.1, 0.15) is 16.4 Å². The third-order valence-corrected chi connectivity index (χ3v) is 4.79. The van der Waals surface area contributed by atoms with Crippen molar-refractivity contribution in [2.75, 3.05) is 26.1 Å². The fourth-order valence-corrected chi connectivity index (χ4v) is 3.56. The lowest BCUT2D eigenvalue weighted by Crippen LogP contribution is -2.24. The molecule has 0 saturated carbocycles. The van der Waals surface area contributed by atoms with E-state index in [2.05, 4.69) is 0 Å². The zero-order valence-electron chi connectivity index (χ0n) is 10.7. The Bertz CT molecular complexity index is 558. The predicted octanol–water partition coefficient (Wildman–Crippen LogP) is 1.07. The molecule has 1 unspecified atom stereocenters. The number of methoxy groups -OCH3 is 1. The van der Waals surface area contributed by atoms with Crippen LogP contribution < -0.4 is 4.74 Å². The predicted molar refractivity (Wildman–Crippen MR) is 69.0 cm³/mol. The highest BCUT2D eigenvalue weighted by molar-refractivity contribution is 7.92. The summed E-state index contributed by atoms with van der Waals surface area (Å²) in [5.41, 5.74) is 0. The molecule has 19 heavy (non-hydrogen) atoms. The molecule has 0 aromatic heterocycles. The Balaban J connectivity index is 2.20. The standard InChI is InChI=1S/C13H16O5S/c1-17-12-4-2-3-5-13(12)19(15,16)9-11(14)10-6-7-18-8-10/h2-5,10H,6-9H2,1H3. The molecule has 1 heterocycles. The smallest absolute Gasteiger partial charge is 0.189 e. The van der Waals surface area contributed by atoms with Crippen LogP contribution in [0.25, 0.3) is 0 Å². The van der Waals surface area contributed by atoms with Gasteiger partial charge in [-0.05, 0) is 18.6 Å². The van der Waals surface area contributed by atoms with Gasteiger partial charge in [-0.25, -0.2) is 8.42 Å². The highest BCUT2D eigenvalue weighted by atomic mass is 32.2. The van der Waals surface area contributed by atoms with Crippen LogP contribution in [0, 0.1) is 5.92 Å². The van der Waals surface area contributed by atoms with Gasteiger partial charge in [0, 0.05) is 12.5 Å². The number of benzene rings is 1. The van der Waals surface area contributed by atoms with Crippen LogP contribution in [-0.2, 0) is 19.4 Å². The summed E-state index contributed by atoms with van der Waals surface area (Å²) in [6.45, 7) is 0.839. The summed E-state index contributed by atoms with van der Waals surface area (Å²) in [6, 6.07) is 6.31. The Kier molecular flexibility index (Phi) is 4.21. The van der Waals surface area contributed by atoms with Gasteiger partial charge >= 0.3 is 0 Å². The fraction of sp³-hybridized carbons (Fsp3) is 0.462. The van der Waals surface area contributed by atoms with Gasteiger partial charge in [-0.15, -0.1) is 0 Å². The minimum absolute atomic E-state index is 0.0600. The first-order valence-corrected chi connectivity index (χ1v) is 7.66. The van der Waals surface area contributed by atoms with Gasteiger partial charge in [0.2, 0.25) is 0 Å². The Morgan fingerprint density at radius 2 is 2.16 bits per heavy atom. The van der Waals surface area contributed by atoms with E-state index in [4.69, 9.17) is 9.47 Å². The second-order valence-corrected chi connectivity index (χ2v) is 6.39. The van der Waals surface area contributed by atoms with E-state index in [-0.39, 0.29) is 22.3 Å². The van der Waals surface area contributed by atoms with Crippen LogP contribution in [0.5, 0.6) is 5.75 Å². The number of ether oxygens (including phenoxy) is 2. The second kappa shape index (κ2) is 5.71. The van der Waals surface area contributed by atoms with Gasteiger partial charge in [-0.1, -0.05) is 12.1 Å². The molecule has 1 aliphatic rings. The SMILES string of the molecule is COc1ccccc1S(=O)(=O)CC(=O)C1CCOC1. The number of hydrogen-bond donors (Lipinski definition) is 0. The summed E-state index contributed by atoms with van der Waals surface area (Å²) in [4.78, 5) is 12.0. The summed E-state index contributed by atoms with van der Waals surface area (Å²) in [5, 5.41) is 0. The van der Waals surface area contributed by atoms with Crippen molar-refractivity contribution in [3.63, 3.8) is 0 Å². The Morgan fingerprint density at radius 1 is 1.42 bits per heavy atom. The van der Waals surface area contributed by atoms with Crippen molar-refractivity contribution in [3.8, 4) is 5.75 Å². The van der Waals surface area contributed by atoms with Crippen LogP contribution in [0.15, 0.2) is 29.2 Å². The molecule has 1 aliphatic heterocycles. The number of sulfone groups is 1. The van der Waals surface area contributed by atoms with Crippen LogP contribution in [0.4, 0.5) is 0 Å². The van der Waals surface area contributed by atoms with Gasteiger partial charge in [0.15, 0.2) is 15.6 Å². The van der Waals surface area contributed by atoms with Crippen molar-refractivity contribution in [1.82, 2.24) is 0 Å². The third kappa shape index (κ3) is 3.13. The lowest BCUT2D eigenvalue weighted by molar-refractivity contribution is -0.120. The highest BCUT2D eigenvalue weighted by Crippen LogP contribution is 2.25. The van der Waals surface area contributed by atoms with E-state index in [9.17, 15) is 13.2 Å². The molecule has 1 fully saturated rings. The number of rotatable bonds is 5. The van der Waals surface area contributed by atoms with Crippen LogP contribution in [0.2, 0.25) is 0 Å². The summed E-state index contributed by atoms with van der Waals surface area (Å²) in [7, 11) is -2.27. The molecule has 0 amide bonds. The quantitative estimate of drug-likeness (QED) is 0.809. The van der Waals surface area contributed by atoms with E-state index in [0.717, 1.165) is 0 Å². The maximum atomic E-state index is 12.2. The van der Waals surface area contributed by atoms with E-state index in [1.165, 1.54) is 13.2 Å². The first-order valence-electron chi connectivity index (χ1n) is 6.01. The van der Waals surface area contributed by atoms with Crippen LogP contribution in [-0.4, -0.2) is 40.3 Å². The molecule has 104 valence electrons. The lowest BCUT2D eigenvalue weighted by atomic mass is 10.1. The summed E-state index contributed by atoms with van der Waals surface area (Å²) in [6.07, 6.45) is 0.597. The number of ketones is 1. The molecule has 0 spiro atoms. The van der Waals surface area contributed by atoms with Crippen LogP contribution in [0.3, 0.4) is 0 Å². The molecule has 6 heteroatoms. The van der Waals surface area contributed by atoms with Crippen LogP contribution in [0.1, 0.15) is 6.42 Å². The first kappa shape index (κ1) is 14.0. The van der Waals surface area contributed by atoms with Crippen molar-refractivity contribution in [2.24, 2.45) is 5.92 Å². The van der Waals surface area contributed by atoms with Crippen LogP contribution >= 0.6 is 0 Å². The molecule has 1 aromatic carbocycles. The molecule has 0 bridgehead atoms. The fourth-order valence-electron chi connectivity index (χ4n) is 2.05. The maximum Gasteiger partial charge on any atom is 0.189 e. The van der Waals surface area contributed by atoms with Gasteiger partial charge in [0.05, 0.1) is 13.7 Å². The van der Waals surface area contributed by atoms with Gasteiger partial charge in [0.25, 0.3) is 0 Å². The largest absolute Gasteiger partial charge is 0.495 e. The number of carbonyl (C=O) groups excluding carboxylic acids is 1. The summed E-state index contributed by atoms with van der Waals surface area (Å²) >= 11 is 0. The molecule has 1 saturated heterocycles. The molecular weight excluding hydrogens is 268 g/mol. The van der Waals surface area contributed by atoms with Gasteiger partial charge in [-0.2, -0.15) is 0 Å². The summed E-state index contributed by atoms with van der Waals surface area (Å²) < 4.78 is 34.6. The molecule has 2 rings (SSSR count).